The van der Waals surface area contributed by atoms with Crippen molar-refractivity contribution >= 4 is 5.97 Å². The second-order valence-corrected chi connectivity index (χ2v) is 4.26. The van der Waals surface area contributed by atoms with Gasteiger partial charge in [0, 0.05) is 12.2 Å². The van der Waals surface area contributed by atoms with Crippen molar-refractivity contribution in [3.63, 3.8) is 0 Å². The molecule has 0 saturated carbocycles. The van der Waals surface area contributed by atoms with Crippen LogP contribution in [0.15, 0.2) is 36.5 Å². The molecule has 0 aliphatic heterocycles. The van der Waals surface area contributed by atoms with Crippen LogP contribution in [-0.4, -0.2) is 20.9 Å². The van der Waals surface area contributed by atoms with Crippen molar-refractivity contribution < 1.29 is 9.90 Å². The molecule has 0 amide bonds. The number of carbonyl (C=O) groups is 1. The Morgan fingerprint density at radius 3 is 2.67 bits per heavy atom. The molecule has 4 heteroatoms. The molecule has 0 bridgehead atoms. The van der Waals surface area contributed by atoms with Gasteiger partial charge in [-0.25, -0.2) is 4.79 Å². The average Bonchev–Trinajstić information content (AvgIpc) is 2.73. The first-order valence-electron chi connectivity index (χ1n) is 5.98. The summed E-state index contributed by atoms with van der Waals surface area (Å²) in [6, 6.07) is 10.2. The van der Waals surface area contributed by atoms with Gasteiger partial charge in [0.05, 0.1) is 6.20 Å². The van der Waals surface area contributed by atoms with E-state index in [1.807, 2.05) is 18.2 Å². The van der Waals surface area contributed by atoms with E-state index in [1.165, 1.54) is 11.8 Å². The quantitative estimate of drug-likeness (QED) is 0.879. The van der Waals surface area contributed by atoms with Crippen molar-refractivity contribution in [2.45, 2.75) is 26.3 Å². The molecule has 1 aromatic carbocycles. The van der Waals surface area contributed by atoms with Gasteiger partial charge >= 0.3 is 5.97 Å². The largest absolute Gasteiger partial charge is 0.478 e. The second-order valence-electron chi connectivity index (χ2n) is 4.26. The number of carboxylic acids is 1. The second kappa shape index (κ2) is 5.49. The minimum Gasteiger partial charge on any atom is -0.478 e. The van der Waals surface area contributed by atoms with Gasteiger partial charge in [0.1, 0.15) is 5.56 Å². The van der Waals surface area contributed by atoms with Crippen molar-refractivity contribution in [3.05, 3.63) is 53.3 Å². The Morgan fingerprint density at radius 2 is 2.06 bits per heavy atom. The van der Waals surface area contributed by atoms with E-state index in [0.29, 0.717) is 0 Å². The summed E-state index contributed by atoms with van der Waals surface area (Å²) in [6.07, 6.45) is 3.34. The maximum atomic E-state index is 10.9. The summed E-state index contributed by atoms with van der Waals surface area (Å²) in [5.41, 5.74) is 2.30. The van der Waals surface area contributed by atoms with Crippen molar-refractivity contribution in [2.75, 3.05) is 0 Å². The summed E-state index contributed by atoms with van der Waals surface area (Å²) in [7, 11) is 0. The van der Waals surface area contributed by atoms with Gasteiger partial charge in [-0.3, -0.25) is 4.68 Å². The number of rotatable bonds is 5. The predicted molar refractivity (Wildman–Crippen MR) is 68.7 cm³/mol. The lowest BCUT2D eigenvalue weighted by atomic mass is 10.1. The van der Waals surface area contributed by atoms with Crippen LogP contribution >= 0.6 is 0 Å². The van der Waals surface area contributed by atoms with Gasteiger partial charge in [-0.1, -0.05) is 30.3 Å². The topological polar surface area (TPSA) is 55.1 Å². The molecule has 0 aliphatic carbocycles. The van der Waals surface area contributed by atoms with Crippen molar-refractivity contribution in [1.82, 2.24) is 9.78 Å². The van der Waals surface area contributed by atoms with Gasteiger partial charge in [0.2, 0.25) is 0 Å². The summed E-state index contributed by atoms with van der Waals surface area (Å²) in [5, 5.41) is 13.0. The Hall–Kier alpha value is -2.10. The summed E-state index contributed by atoms with van der Waals surface area (Å²) in [5.74, 6) is -0.915. The molecule has 0 unspecified atom stereocenters. The van der Waals surface area contributed by atoms with Gasteiger partial charge in [0.25, 0.3) is 0 Å². The summed E-state index contributed by atoms with van der Waals surface area (Å²) < 4.78 is 1.76. The van der Waals surface area contributed by atoms with E-state index < -0.39 is 5.97 Å². The average molecular weight is 244 g/mol. The Kier molecular flexibility index (Phi) is 3.77. The lowest BCUT2D eigenvalue weighted by Crippen LogP contribution is -2.05. The number of aromatic carboxylic acids is 1. The third kappa shape index (κ3) is 2.77. The van der Waals surface area contributed by atoms with Crippen LogP contribution in [0.25, 0.3) is 0 Å². The van der Waals surface area contributed by atoms with Crippen LogP contribution in [0.4, 0.5) is 0 Å². The maximum Gasteiger partial charge on any atom is 0.339 e. The van der Waals surface area contributed by atoms with Gasteiger partial charge in [-0.2, -0.15) is 5.10 Å². The zero-order valence-electron chi connectivity index (χ0n) is 10.3. The first kappa shape index (κ1) is 12.4. The zero-order valence-corrected chi connectivity index (χ0v) is 10.3. The number of hydrogen-bond acceptors (Lipinski definition) is 2. The van der Waals surface area contributed by atoms with E-state index in [2.05, 4.69) is 17.2 Å². The molecule has 2 aromatic rings. The van der Waals surface area contributed by atoms with Crippen LogP contribution in [0.2, 0.25) is 0 Å². The molecule has 18 heavy (non-hydrogen) atoms. The van der Waals surface area contributed by atoms with Crippen molar-refractivity contribution in [1.29, 1.82) is 0 Å². The normalized spacial score (nSPS) is 10.5. The molecule has 0 radical (unpaired) electrons. The van der Waals surface area contributed by atoms with E-state index in [-0.39, 0.29) is 5.56 Å². The Labute approximate surface area is 106 Å². The molecule has 1 aromatic heterocycles. The fourth-order valence-electron chi connectivity index (χ4n) is 1.96. The van der Waals surface area contributed by atoms with Gasteiger partial charge < -0.3 is 5.11 Å². The molecule has 0 saturated heterocycles. The van der Waals surface area contributed by atoms with E-state index in [4.69, 9.17) is 5.11 Å². The molecule has 0 fully saturated rings. The van der Waals surface area contributed by atoms with Crippen molar-refractivity contribution in [3.8, 4) is 0 Å². The highest BCUT2D eigenvalue weighted by molar-refractivity contribution is 5.88. The molecule has 0 atom stereocenters. The molecule has 0 spiro atoms. The van der Waals surface area contributed by atoms with Crippen LogP contribution in [0.3, 0.4) is 0 Å². The Bertz CT molecular complexity index is 532. The number of nitrogens with zero attached hydrogens (tertiary/aromatic N) is 2. The van der Waals surface area contributed by atoms with Crippen LogP contribution < -0.4 is 0 Å². The summed E-state index contributed by atoms with van der Waals surface area (Å²) in [4.78, 5) is 10.9. The molecule has 4 nitrogen and oxygen atoms in total. The van der Waals surface area contributed by atoms with Crippen molar-refractivity contribution in [2.24, 2.45) is 0 Å². The van der Waals surface area contributed by atoms with Crippen LogP contribution in [0.5, 0.6) is 0 Å². The molecular weight excluding hydrogens is 228 g/mol. The fourth-order valence-corrected chi connectivity index (χ4v) is 1.96. The van der Waals surface area contributed by atoms with Crippen LogP contribution in [0.1, 0.15) is 28.0 Å². The lowest BCUT2D eigenvalue weighted by Gasteiger charge is -2.05. The van der Waals surface area contributed by atoms with Gasteiger partial charge in [-0.15, -0.1) is 0 Å². The number of aryl methyl sites for hydroxylation is 2. The van der Waals surface area contributed by atoms with Crippen LogP contribution in [0, 0.1) is 6.92 Å². The van der Waals surface area contributed by atoms with Gasteiger partial charge in [-0.05, 0) is 25.3 Å². The van der Waals surface area contributed by atoms with E-state index in [0.717, 1.165) is 25.1 Å². The standard InChI is InChI=1S/C14H16N2O2/c1-11-13(14(17)18)10-15-16(11)9-5-8-12-6-3-2-4-7-12/h2-4,6-7,10H,5,8-9H2,1H3,(H,17,18). The number of hydrogen-bond donors (Lipinski definition) is 1. The highest BCUT2D eigenvalue weighted by Crippen LogP contribution is 2.09. The molecule has 1 N–H and O–H groups in total. The third-order valence-corrected chi connectivity index (χ3v) is 3.01. The molecule has 2 rings (SSSR count). The SMILES string of the molecule is Cc1c(C(=O)O)cnn1CCCc1ccccc1. The zero-order chi connectivity index (χ0) is 13.0. The fraction of sp³-hybridized carbons (Fsp3) is 0.286. The smallest absolute Gasteiger partial charge is 0.339 e. The van der Waals surface area contributed by atoms with E-state index in [9.17, 15) is 4.79 Å². The monoisotopic (exact) mass is 244 g/mol. The lowest BCUT2D eigenvalue weighted by molar-refractivity contribution is 0.0696. The summed E-state index contributed by atoms with van der Waals surface area (Å²) in [6.45, 7) is 2.53. The molecular formula is C14H16N2O2. The third-order valence-electron chi connectivity index (χ3n) is 3.01. The van der Waals surface area contributed by atoms with E-state index in [1.54, 1.807) is 11.6 Å². The molecule has 1 heterocycles. The van der Waals surface area contributed by atoms with Crippen LogP contribution in [-0.2, 0) is 13.0 Å². The minimum atomic E-state index is -0.915. The van der Waals surface area contributed by atoms with Gasteiger partial charge in [0.15, 0.2) is 0 Å². The molecule has 94 valence electrons. The highest BCUT2D eigenvalue weighted by Gasteiger charge is 2.11. The summed E-state index contributed by atoms with van der Waals surface area (Å²) >= 11 is 0. The van der Waals surface area contributed by atoms with E-state index >= 15 is 0 Å². The number of carboxylic acid groups (broad SMARTS) is 1. The number of aromatic nitrogens is 2. The maximum absolute atomic E-state index is 10.9. The minimum absolute atomic E-state index is 0.287. The molecule has 0 aliphatic rings. The number of benzene rings is 1. The Morgan fingerprint density at radius 1 is 1.33 bits per heavy atom. The first-order chi connectivity index (χ1) is 8.68. The highest BCUT2D eigenvalue weighted by atomic mass is 16.4. The first-order valence-corrected chi connectivity index (χ1v) is 5.98. The predicted octanol–water partition coefficient (Wildman–Crippen LogP) is 2.52. The Balaban J connectivity index is 1.93.